The molecule has 0 saturated heterocycles. The Bertz CT molecular complexity index is 784. The number of aromatic nitrogens is 3. The zero-order valence-corrected chi connectivity index (χ0v) is 11.5. The van der Waals surface area contributed by atoms with Gasteiger partial charge in [0.1, 0.15) is 16.6 Å². The van der Waals surface area contributed by atoms with Crippen LogP contribution in [0.5, 0.6) is 0 Å². The Morgan fingerprint density at radius 2 is 2.25 bits per heavy atom. The maximum Gasteiger partial charge on any atom is 0.268 e. The van der Waals surface area contributed by atoms with Crippen molar-refractivity contribution >= 4 is 11.3 Å². The first kappa shape index (κ1) is 12.5. The highest BCUT2D eigenvalue weighted by atomic mass is 32.1. The van der Waals surface area contributed by atoms with Gasteiger partial charge < -0.3 is 4.52 Å². The molecule has 0 spiro atoms. The number of nitriles is 1. The van der Waals surface area contributed by atoms with Crippen LogP contribution < -0.4 is 0 Å². The normalized spacial score (nSPS) is 10.4. The van der Waals surface area contributed by atoms with Gasteiger partial charge in [-0.25, -0.2) is 0 Å². The van der Waals surface area contributed by atoms with Crippen molar-refractivity contribution in [3.63, 3.8) is 0 Å². The molecule has 0 saturated carbocycles. The molecule has 0 fully saturated rings. The Kier molecular flexibility index (Phi) is 3.27. The number of thiophene rings is 1. The molecule has 3 heterocycles. The van der Waals surface area contributed by atoms with E-state index in [1.807, 2.05) is 12.1 Å². The fraction of sp³-hybridized carbons (Fsp3) is 0.143. The van der Waals surface area contributed by atoms with Crippen LogP contribution in [-0.2, 0) is 6.42 Å². The first-order valence-electron chi connectivity index (χ1n) is 6.10. The minimum atomic E-state index is 0.416. The van der Waals surface area contributed by atoms with Crippen LogP contribution in [-0.4, -0.2) is 15.1 Å². The molecule has 0 aliphatic carbocycles. The summed E-state index contributed by atoms with van der Waals surface area (Å²) in [5.41, 5.74) is 1.81. The second-order valence-electron chi connectivity index (χ2n) is 4.06. The second kappa shape index (κ2) is 5.23. The molecule has 3 aromatic rings. The number of rotatable bonds is 3. The number of pyridine rings is 1. The molecule has 98 valence electrons. The van der Waals surface area contributed by atoms with Crippen molar-refractivity contribution in [2.75, 3.05) is 0 Å². The molecule has 0 aromatic carbocycles. The quantitative estimate of drug-likeness (QED) is 0.736. The SMILES string of the molecule is CCc1cccnc1-c1noc(-c2ccc(C#N)s2)n1. The third-order valence-electron chi connectivity index (χ3n) is 2.84. The highest BCUT2D eigenvalue weighted by molar-refractivity contribution is 7.15. The molecule has 0 atom stereocenters. The van der Waals surface area contributed by atoms with Gasteiger partial charge in [0.25, 0.3) is 5.89 Å². The average Bonchev–Trinajstić information content (AvgIpc) is 3.15. The summed E-state index contributed by atoms with van der Waals surface area (Å²) in [6.07, 6.45) is 2.56. The Hall–Kier alpha value is -2.52. The fourth-order valence-corrected chi connectivity index (χ4v) is 2.58. The van der Waals surface area contributed by atoms with Crippen molar-refractivity contribution < 1.29 is 4.52 Å². The van der Waals surface area contributed by atoms with Crippen LogP contribution in [0.15, 0.2) is 35.0 Å². The lowest BCUT2D eigenvalue weighted by atomic mass is 10.1. The van der Waals surface area contributed by atoms with Gasteiger partial charge in [0.2, 0.25) is 5.82 Å². The molecule has 6 heteroatoms. The standard InChI is InChI=1S/C14H10N4OS/c1-2-9-4-3-7-16-12(9)13-17-14(19-18-13)11-6-5-10(8-15)20-11/h3-7H,2H2,1H3. The van der Waals surface area contributed by atoms with Crippen LogP contribution in [0.25, 0.3) is 22.3 Å². The van der Waals surface area contributed by atoms with E-state index in [1.165, 1.54) is 11.3 Å². The summed E-state index contributed by atoms with van der Waals surface area (Å²) in [5.74, 6) is 0.892. The van der Waals surface area contributed by atoms with Crippen molar-refractivity contribution in [2.45, 2.75) is 13.3 Å². The summed E-state index contributed by atoms with van der Waals surface area (Å²) in [5, 5.41) is 12.8. The van der Waals surface area contributed by atoms with Crippen molar-refractivity contribution in [3.05, 3.63) is 40.9 Å². The second-order valence-corrected chi connectivity index (χ2v) is 5.15. The van der Waals surface area contributed by atoms with Gasteiger partial charge in [0.05, 0.1) is 4.88 Å². The highest BCUT2D eigenvalue weighted by Crippen LogP contribution is 2.28. The lowest BCUT2D eigenvalue weighted by Gasteiger charge is -2.00. The van der Waals surface area contributed by atoms with Crippen LogP contribution in [0.4, 0.5) is 0 Å². The monoisotopic (exact) mass is 282 g/mol. The molecule has 0 N–H and O–H groups in total. The summed E-state index contributed by atoms with van der Waals surface area (Å²) in [7, 11) is 0. The molecule has 3 rings (SSSR count). The van der Waals surface area contributed by atoms with Gasteiger partial charge in [0.15, 0.2) is 0 Å². The summed E-state index contributed by atoms with van der Waals surface area (Å²) in [4.78, 5) is 10.1. The van der Waals surface area contributed by atoms with E-state index in [0.717, 1.165) is 22.6 Å². The molecule has 0 unspecified atom stereocenters. The maximum absolute atomic E-state index is 8.83. The van der Waals surface area contributed by atoms with Gasteiger partial charge in [-0.3, -0.25) is 4.98 Å². The van der Waals surface area contributed by atoms with E-state index in [0.29, 0.717) is 16.6 Å². The van der Waals surface area contributed by atoms with Crippen molar-refractivity contribution in [1.82, 2.24) is 15.1 Å². The molecular formula is C14H10N4OS. The number of aryl methyl sites for hydroxylation is 1. The van der Waals surface area contributed by atoms with E-state index in [4.69, 9.17) is 9.78 Å². The number of nitrogens with zero attached hydrogens (tertiary/aromatic N) is 4. The lowest BCUT2D eigenvalue weighted by molar-refractivity contribution is 0.433. The van der Waals surface area contributed by atoms with E-state index in [-0.39, 0.29) is 0 Å². The number of hydrogen-bond acceptors (Lipinski definition) is 6. The minimum absolute atomic E-state index is 0.416. The molecule has 3 aromatic heterocycles. The van der Waals surface area contributed by atoms with E-state index in [2.05, 4.69) is 28.1 Å². The summed E-state index contributed by atoms with van der Waals surface area (Å²) in [6, 6.07) is 9.52. The van der Waals surface area contributed by atoms with Gasteiger partial charge in [0, 0.05) is 6.20 Å². The highest BCUT2D eigenvalue weighted by Gasteiger charge is 2.15. The molecule has 0 aliphatic heterocycles. The van der Waals surface area contributed by atoms with Crippen LogP contribution in [0, 0.1) is 11.3 Å². The van der Waals surface area contributed by atoms with Gasteiger partial charge in [-0.2, -0.15) is 10.2 Å². The van der Waals surface area contributed by atoms with E-state index in [9.17, 15) is 0 Å². The first-order chi connectivity index (χ1) is 9.81. The van der Waals surface area contributed by atoms with Crippen molar-refractivity contribution in [1.29, 1.82) is 5.26 Å². The lowest BCUT2D eigenvalue weighted by Crippen LogP contribution is -1.92. The van der Waals surface area contributed by atoms with Gasteiger partial charge in [-0.1, -0.05) is 18.1 Å². The smallest absolute Gasteiger partial charge is 0.268 e. The minimum Gasteiger partial charge on any atom is -0.333 e. The van der Waals surface area contributed by atoms with Crippen LogP contribution >= 0.6 is 11.3 Å². The van der Waals surface area contributed by atoms with E-state index in [1.54, 1.807) is 18.3 Å². The Morgan fingerprint density at radius 3 is 3.00 bits per heavy atom. The van der Waals surface area contributed by atoms with E-state index >= 15 is 0 Å². The van der Waals surface area contributed by atoms with Crippen molar-refractivity contribution in [3.8, 4) is 28.4 Å². The molecule has 20 heavy (non-hydrogen) atoms. The third kappa shape index (κ3) is 2.19. The molecule has 0 amide bonds. The third-order valence-corrected chi connectivity index (χ3v) is 3.81. The Balaban J connectivity index is 2.00. The maximum atomic E-state index is 8.83. The molecule has 5 nitrogen and oxygen atoms in total. The predicted octanol–water partition coefficient (Wildman–Crippen LogP) is 3.29. The Morgan fingerprint density at radius 1 is 1.35 bits per heavy atom. The molecule has 0 radical (unpaired) electrons. The first-order valence-corrected chi connectivity index (χ1v) is 6.91. The van der Waals surface area contributed by atoms with Crippen LogP contribution in [0.3, 0.4) is 0 Å². The Labute approximate surface area is 119 Å². The van der Waals surface area contributed by atoms with Gasteiger partial charge >= 0.3 is 0 Å². The average molecular weight is 282 g/mol. The topological polar surface area (TPSA) is 75.6 Å². The predicted molar refractivity (Wildman–Crippen MR) is 74.9 cm³/mol. The van der Waals surface area contributed by atoms with Crippen LogP contribution in [0.2, 0.25) is 0 Å². The van der Waals surface area contributed by atoms with E-state index < -0.39 is 0 Å². The number of hydrogen-bond donors (Lipinski definition) is 0. The van der Waals surface area contributed by atoms with Gasteiger partial charge in [-0.15, -0.1) is 11.3 Å². The molecule has 0 aliphatic rings. The van der Waals surface area contributed by atoms with Gasteiger partial charge in [-0.05, 0) is 30.2 Å². The fourth-order valence-electron chi connectivity index (χ4n) is 1.86. The zero-order chi connectivity index (χ0) is 13.9. The zero-order valence-electron chi connectivity index (χ0n) is 10.7. The summed E-state index contributed by atoms with van der Waals surface area (Å²) in [6.45, 7) is 2.06. The molecule has 0 bridgehead atoms. The summed E-state index contributed by atoms with van der Waals surface area (Å²) < 4.78 is 5.26. The van der Waals surface area contributed by atoms with Crippen LogP contribution in [0.1, 0.15) is 17.4 Å². The van der Waals surface area contributed by atoms with Crippen molar-refractivity contribution in [2.24, 2.45) is 0 Å². The molecular weight excluding hydrogens is 272 g/mol. The summed E-state index contributed by atoms with van der Waals surface area (Å²) >= 11 is 1.33. The largest absolute Gasteiger partial charge is 0.333 e.